The van der Waals surface area contributed by atoms with Crippen LogP contribution in [0.1, 0.15) is 124 Å². The van der Waals surface area contributed by atoms with E-state index in [2.05, 4.69) is 31.0 Å². The number of ketones is 1. The molecule has 0 bridgehead atoms. The van der Waals surface area contributed by atoms with Crippen molar-refractivity contribution in [1.82, 2.24) is 41.0 Å². The number of carbonyl (C=O) groups is 10. The Morgan fingerprint density at radius 1 is 0.847 bits per heavy atom. The molecule has 1 saturated carbocycles. The zero-order chi connectivity index (χ0) is 52.7. The summed E-state index contributed by atoms with van der Waals surface area (Å²) in [4.78, 5) is 145. The number of amides is 8. The summed E-state index contributed by atoms with van der Waals surface area (Å²) in [7, 11) is 1.23. The number of fused-ring (bicyclic) bond motifs is 1. The van der Waals surface area contributed by atoms with Crippen molar-refractivity contribution >= 4 is 69.9 Å². The number of ether oxygens (including phenoxy) is 1. The van der Waals surface area contributed by atoms with E-state index in [0.29, 0.717) is 32.1 Å². The maximum Gasteiger partial charge on any atom is 0.330 e. The molecule has 7 atom stereocenters. The highest BCUT2D eigenvalue weighted by Crippen LogP contribution is 2.36. The second-order valence-corrected chi connectivity index (χ2v) is 21.4. The van der Waals surface area contributed by atoms with E-state index >= 15 is 4.79 Å². The quantitative estimate of drug-likeness (QED) is 0.0931. The van der Waals surface area contributed by atoms with Crippen LogP contribution in [-0.2, 0) is 59.1 Å². The van der Waals surface area contributed by atoms with Gasteiger partial charge in [0.05, 0.1) is 13.7 Å². The summed E-state index contributed by atoms with van der Waals surface area (Å²) >= 11 is 0. The first kappa shape index (κ1) is 54.7. The summed E-state index contributed by atoms with van der Waals surface area (Å²) in [5, 5.41) is 12.2. The number of aromatic amines is 1. The number of allylic oxidation sites excluding steroid dienone is 1. The van der Waals surface area contributed by atoms with Crippen LogP contribution in [0, 0.1) is 11.3 Å². The fraction of sp³-hybridized carbons (Fsp3) is 0.615. The van der Waals surface area contributed by atoms with E-state index in [0.717, 1.165) is 40.6 Å². The molecule has 20 nitrogen and oxygen atoms in total. The van der Waals surface area contributed by atoms with Crippen LogP contribution in [-0.4, -0.2) is 147 Å². The van der Waals surface area contributed by atoms with Crippen LogP contribution >= 0.6 is 0 Å². The monoisotopic (exact) mass is 1000 g/mol. The molecule has 4 heterocycles. The van der Waals surface area contributed by atoms with Crippen LogP contribution < -0.4 is 27.0 Å². The molecule has 4 aliphatic rings. The number of nitrogens with one attached hydrogen (secondary N) is 5. The Morgan fingerprint density at radius 2 is 1.50 bits per heavy atom. The molecule has 0 spiro atoms. The van der Waals surface area contributed by atoms with Gasteiger partial charge in [0.1, 0.15) is 41.3 Å². The first-order chi connectivity index (χ1) is 34.0. The van der Waals surface area contributed by atoms with Crippen molar-refractivity contribution in [3.63, 3.8) is 0 Å². The number of para-hydroxylation sites is 1. The molecule has 1 aromatic heterocycles. The predicted octanol–water partition coefficient (Wildman–Crippen LogP) is 2.22. The lowest BCUT2D eigenvalue weighted by molar-refractivity contribution is -0.151. The number of carbonyl (C=O) groups excluding carboxylic acids is 10. The Balaban J connectivity index is 1.24. The van der Waals surface area contributed by atoms with Gasteiger partial charge in [-0.2, -0.15) is 0 Å². The number of aromatic nitrogens is 1. The van der Waals surface area contributed by atoms with E-state index in [9.17, 15) is 43.2 Å². The lowest BCUT2D eigenvalue weighted by atomic mass is 9.82. The standard InChI is InChI=1S/C52H73N9O11/c1-31(62)55-37(21-13-14-22-40(64)72-7)43(65)58-42(50(2,3)4)47(69)59-30-34(63)28-39(59)44(66)57-41(32-17-9-8-10-18-32)46(68)61-26-16-24-52(61,6)49(71)56-38(27-33-29-54-36-20-12-11-19-35(33)36)45(67)60-25-15-23-51(60,5)48(53)70/h11-12,14,19-20,22,29,32,37-39,41-42,54H,8-10,13,15-18,21,23-28,30H2,1-7H3,(H2,53,70)(H,55,62)(H,56,71)(H,57,66)(H,58,65)/b22-14+/t37-,38-,39-,41-,42+,51-,52-/m0/s1. The fourth-order valence-corrected chi connectivity index (χ4v) is 10.9. The molecule has 1 aliphatic carbocycles. The van der Waals surface area contributed by atoms with Crippen LogP contribution in [0.2, 0.25) is 0 Å². The summed E-state index contributed by atoms with van der Waals surface area (Å²) in [5.41, 5.74) is 3.77. The minimum atomic E-state index is -1.47. The molecule has 0 unspecified atom stereocenters. The number of rotatable bonds is 18. The second-order valence-electron chi connectivity index (χ2n) is 21.4. The number of hydrogen-bond acceptors (Lipinski definition) is 11. The van der Waals surface area contributed by atoms with Crippen LogP contribution in [0.15, 0.2) is 42.6 Å². The molecule has 8 amide bonds. The third kappa shape index (κ3) is 12.2. The Labute approximate surface area is 420 Å². The molecule has 6 rings (SSSR count). The highest BCUT2D eigenvalue weighted by Gasteiger charge is 2.52. The van der Waals surface area contributed by atoms with Crippen LogP contribution in [0.25, 0.3) is 10.9 Å². The molecule has 392 valence electrons. The Morgan fingerprint density at radius 3 is 2.14 bits per heavy atom. The van der Waals surface area contributed by atoms with Gasteiger partial charge in [-0.1, -0.05) is 64.3 Å². The number of H-pyrrole nitrogens is 1. The molecule has 7 N–H and O–H groups in total. The summed E-state index contributed by atoms with van der Waals surface area (Å²) < 4.78 is 4.61. The van der Waals surface area contributed by atoms with Crippen LogP contribution in [0.4, 0.5) is 0 Å². The summed E-state index contributed by atoms with van der Waals surface area (Å²) in [6, 6.07) is 1.58. The van der Waals surface area contributed by atoms with Gasteiger partial charge in [-0.05, 0) is 88.2 Å². The molecular formula is C52H73N9O11. The predicted molar refractivity (Wildman–Crippen MR) is 265 cm³/mol. The van der Waals surface area contributed by atoms with Gasteiger partial charge in [0.25, 0.3) is 0 Å². The largest absolute Gasteiger partial charge is 0.466 e. The first-order valence-corrected chi connectivity index (χ1v) is 25.2. The van der Waals surface area contributed by atoms with Gasteiger partial charge >= 0.3 is 5.97 Å². The number of methoxy groups -OCH3 is 1. The van der Waals surface area contributed by atoms with Gasteiger partial charge in [-0.3, -0.25) is 43.2 Å². The SMILES string of the molecule is COC(=O)/C=C/CC[C@H](NC(C)=O)C(=O)N[C@H](C(=O)N1CC(=O)C[C@H]1C(=O)N[C@H](C(=O)N1CCC[C@@]1(C)C(=O)N[C@@H](Cc1c[nH]c2ccccc12)C(=O)N1CCC[C@@]1(C)C(N)=O)C1CCCCC1)C(C)(C)C. The number of esters is 1. The molecule has 2 aromatic rings. The van der Waals surface area contributed by atoms with Gasteiger partial charge in [0, 0.05) is 56.0 Å². The van der Waals surface area contributed by atoms with Crippen molar-refractivity contribution in [2.75, 3.05) is 26.7 Å². The maximum atomic E-state index is 15.2. The number of Topliss-reactive ketones (excluding diaryl/α,β-unsaturated/α-hetero) is 1. The Kier molecular flexibility index (Phi) is 17.4. The fourth-order valence-electron chi connectivity index (χ4n) is 10.9. The average Bonchev–Trinajstić information content (AvgIpc) is 4.15. The van der Waals surface area contributed by atoms with Crippen molar-refractivity contribution in [2.45, 2.75) is 166 Å². The van der Waals surface area contributed by atoms with Gasteiger partial charge in [-0.25, -0.2) is 4.79 Å². The summed E-state index contributed by atoms with van der Waals surface area (Å²) in [6.45, 7) is 9.67. The van der Waals surface area contributed by atoms with Gasteiger partial charge in [0.15, 0.2) is 5.78 Å². The number of primary amides is 1. The third-order valence-electron chi connectivity index (χ3n) is 15.1. The Bertz CT molecular complexity index is 2460. The Hall–Kier alpha value is -6.60. The maximum absolute atomic E-state index is 15.2. The highest BCUT2D eigenvalue weighted by molar-refractivity contribution is 6.03. The molecule has 3 aliphatic heterocycles. The van der Waals surface area contributed by atoms with Crippen molar-refractivity contribution in [3.05, 3.63) is 48.2 Å². The average molecular weight is 1000 g/mol. The minimum absolute atomic E-state index is 0.0737. The van der Waals surface area contributed by atoms with Crippen LogP contribution in [0.3, 0.4) is 0 Å². The van der Waals surface area contributed by atoms with Gasteiger partial charge in [-0.15, -0.1) is 0 Å². The van der Waals surface area contributed by atoms with Crippen molar-refractivity contribution < 1.29 is 52.7 Å². The van der Waals surface area contributed by atoms with E-state index in [1.165, 1.54) is 36.0 Å². The number of nitrogens with zero attached hydrogens (tertiary/aromatic N) is 3. The summed E-state index contributed by atoms with van der Waals surface area (Å²) in [6.07, 6.45) is 9.80. The van der Waals surface area contributed by atoms with E-state index < -0.39 is 112 Å². The highest BCUT2D eigenvalue weighted by atomic mass is 16.5. The lowest BCUT2D eigenvalue weighted by Gasteiger charge is -2.41. The van der Waals surface area contributed by atoms with Crippen molar-refractivity contribution in [1.29, 1.82) is 0 Å². The van der Waals surface area contributed by atoms with Crippen LogP contribution in [0.5, 0.6) is 0 Å². The molecule has 4 fully saturated rings. The number of likely N-dealkylation sites (tertiary alicyclic amines) is 3. The third-order valence-corrected chi connectivity index (χ3v) is 15.1. The van der Waals surface area contributed by atoms with Gasteiger partial charge in [0.2, 0.25) is 47.3 Å². The lowest BCUT2D eigenvalue weighted by Crippen LogP contribution is -2.65. The van der Waals surface area contributed by atoms with E-state index in [-0.39, 0.29) is 51.1 Å². The minimum Gasteiger partial charge on any atom is -0.466 e. The van der Waals surface area contributed by atoms with Crippen molar-refractivity contribution in [2.24, 2.45) is 17.1 Å². The van der Waals surface area contributed by atoms with E-state index in [4.69, 9.17) is 5.73 Å². The molecular weight excluding hydrogens is 927 g/mol. The number of nitrogens with two attached hydrogens (primary N) is 1. The number of benzene rings is 1. The molecule has 3 saturated heterocycles. The molecule has 72 heavy (non-hydrogen) atoms. The zero-order valence-corrected chi connectivity index (χ0v) is 42.7. The van der Waals surface area contributed by atoms with Crippen molar-refractivity contribution in [3.8, 4) is 0 Å². The summed E-state index contributed by atoms with van der Waals surface area (Å²) in [5.74, 6) is -6.17. The topological polar surface area (TPSA) is 280 Å². The van der Waals surface area contributed by atoms with Gasteiger partial charge < -0.3 is 51.4 Å². The van der Waals surface area contributed by atoms with E-state index in [1.807, 2.05) is 24.3 Å². The molecule has 20 heteroatoms. The number of hydrogen-bond donors (Lipinski definition) is 6. The second kappa shape index (κ2) is 22.9. The molecule has 1 aromatic carbocycles. The molecule has 0 radical (unpaired) electrons. The van der Waals surface area contributed by atoms with E-state index in [1.54, 1.807) is 40.8 Å². The zero-order valence-electron chi connectivity index (χ0n) is 42.7. The normalized spacial score (nSPS) is 23.3. The first-order valence-electron chi connectivity index (χ1n) is 25.2. The smallest absolute Gasteiger partial charge is 0.330 e.